The lowest BCUT2D eigenvalue weighted by Crippen LogP contribution is -2.52. The standard InChI is InChI=1S/C23H28F3N3O3/c1-16-4-2-3-5-20(16)32-15-19(30)14-28-10-12-29(13-11-28)21(22(27)31)17-6-8-18(9-7-17)23(24,25)26/h2-9,19,21,30H,10-15H2,1H3,(H2,27,31). The second kappa shape index (κ2) is 10.3. The van der Waals surface area contributed by atoms with E-state index in [1.807, 2.05) is 36.1 Å². The predicted molar refractivity (Wildman–Crippen MR) is 114 cm³/mol. The molecule has 174 valence electrons. The van der Waals surface area contributed by atoms with Crippen molar-refractivity contribution in [3.05, 3.63) is 65.2 Å². The van der Waals surface area contributed by atoms with Crippen LogP contribution in [0, 0.1) is 6.92 Å². The first-order chi connectivity index (χ1) is 15.1. The Morgan fingerprint density at radius 1 is 1.09 bits per heavy atom. The van der Waals surface area contributed by atoms with Gasteiger partial charge in [0.05, 0.1) is 5.56 Å². The molecule has 1 fully saturated rings. The van der Waals surface area contributed by atoms with Crippen molar-refractivity contribution < 1.29 is 27.8 Å². The summed E-state index contributed by atoms with van der Waals surface area (Å²) in [4.78, 5) is 16.0. The number of hydrogen-bond donors (Lipinski definition) is 2. The first-order valence-corrected chi connectivity index (χ1v) is 10.4. The number of primary amides is 1. The minimum absolute atomic E-state index is 0.167. The SMILES string of the molecule is Cc1ccccc1OCC(O)CN1CCN(C(C(N)=O)c2ccc(C(F)(F)F)cc2)CC1. The van der Waals surface area contributed by atoms with Crippen molar-refractivity contribution in [3.8, 4) is 5.75 Å². The van der Waals surface area contributed by atoms with Gasteiger partial charge in [0.25, 0.3) is 0 Å². The van der Waals surface area contributed by atoms with Crippen molar-refractivity contribution in [2.75, 3.05) is 39.3 Å². The fraction of sp³-hybridized carbons (Fsp3) is 0.435. The predicted octanol–water partition coefficient (Wildman–Crippen LogP) is 2.60. The van der Waals surface area contributed by atoms with Gasteiger partial charge < -0.3 is 15.6 Å². The van der Waals surface area contributed by atoms with Crippen molar-refractivity contribution in [2.24, 2.45) is 5.73 Å². The van der Waals surface area contributed by atoms with E-state index in [0.29, 0.717) is 38.3 Å². The van der Waals surface area contributed by atoms with Crippen LogP contribution >= 0.6 is 0 Å². The molecule has 0 saturated carbocycles. The third-order valence-electron chi connectivity index (χ3n) is 5.59. The Morgan fingerprint density at radius 2 is 1.72 bits per heavy atom. The summed E-state index contributed by atoms with van der Waals surface area (Å²) in [5.41, 5.74) is 6.24. The summed E-state index contributed by atoms with van der Waals surface area (Å²) in [6, 6.07) is 11.3. The highest BCUT2D eigenvalue weighted by Gasteiger charge is 2.33. The van der Waals surface area contributed by atoms with Crippen molar-refractivity contribution in [1.29, 1.82) is 0 Å². The summed E-state index contributed by atoms with van der Waals surface area (Å²) >= 11 is 0. The fourth-order valence-electron chi connectivity index (χ4n) is 3.87. The zero-order valence-electron chi connectivity index (χ0n) is 17.9. The molecule has 1 amide bonds. The Balaban J connectivity index is 1.52. The van der Waals surface area contributed by atoms with E-state index in [1.54, 1.807) is 0 Å². The van der Waals surface area contributed by atoms with Gasteiger partial charge in [-0.2, -0.15) is 13.2 Å². The molecular formula is C23H28F3N3O3. The summed E-state index contributed by atoms with van der Waals surface area (Å²) < 4.78 is 44.1. The molecule has 0 aromatic heterocycles. The number of amides is 1. The van der Waals surface area contributed by atoms with Crippen LogP contribution in [0.3, 0.4) is 0 Å². The molecule has 2 atom stereocenters. The number of nitrogens with two attached hydrogens (primary N) is 1. The minimum atomic E-state index is -4.43. The van der Waals surface area contributed by atoms with Crippen LogP contribution in [0.4, 0.5) is 13.2 Å². The third kappa shape index (κ3) is 6.21. The molecular weight excluding hydrogens is 423 g/mol. The summed E-state index contributed by atoms with van der Waals surface area (Å²) in [5.74, 6) is 0.127. The molecule has 1 heterocycles. The highest BCUT2D eigenvalue weighted by atomic mass is 19.4. The van der Waals surface area contributed by atoms with Gasteiger partial charge in [0.1, 0.15) is 24.5 Å². The first-order valence-electron chi connectivity index (χ1n) is 10.4. The van der Waals surface area contributed by atoms with Crippen LogP contribution in [-0.4, -0.2) is 66.2 Å². The zero-order valence-corrected chi connectivity index (χ0v) is 17.9. The Morgan fingerprint density at radius 3 is 2.28 bits per heavy atom. The van der Waals surface area contributed by atoms with Crippen molar-refractivity contribution in [3.63, 3.8) is 0 Å². The van der Waals surface area contributed by atoms with E-state index in [0.717, 1.165) is 23.4 Å². The molecule has 6 nitrogen and oxygen atoms in total. The van der Waals surface area contributed by atoms with Gasteiger partial charge >= 0.3 is 6.18 Å². The number of aliphatic hydroxyl groups is 1. The second-order valence-corrected chi connectivity index (χ2v) is 7.99. The number of piperazine rings is 1. The molecule has 0 aliphatic carbocycles. The van der Waals surface area contributed by atoms with Crippen molar-refractivity contribution in [2.45, 2.75) is 25.2 Å². The number of β-amino-alcohol motifs (C(OH)–C–C–N with tert-alkyl or cyclic N) is 1. The van der Waals surface area contributed by atoms with Crippen molar-refractivity contribution >= 4 is 5.91 Å². The summed E-state index contributed by atoms with van der Waals surface area (Å²) in [7, 11) is 0. The highest BCUT2D eigenvalue weighted by molar-refractivity contribution is 5.81. The number of alkyl halides is 3. The lowest BCUT2D eigenvalue weighted by Gasteiger charge is -2.38. The lowest BCUT2D eigenvalue weighted by molar-refractivity contribution is -0.137. The van der Waals surface area contributed by atoms with E-state index in [-0.39, 0.29) is 6.61 Å². The maximum atomic E-state index is 12.8. The quantitative estimate of drug-likeness (QED) is 0.645. The molecule has 0 radical (unpaired) electrons. The van der Waals surface area contributed by atoms with Crippen LogP contribution in [-0.2, 0) is 11.0 Å². The molecule has 1 aliphatic rings. The average molecular weight is 451 g/mol. The zero-order chi connectivity index (χ0) is 23.3. The number of carbonyl (C=O) groups is 1. The molecule has 1 aliphatic heterocycles. The van der Waals surface area contributed by atoms with Gasteiger partial charge in [-0.15, -0.1) is 0 Å². The summed E-state index contributed by atoms with van der Waals surface area (Å²) in [6.07, 6.45) is -5.11. The molecule has 3 N–H and O–H groups in total. The fourth-order valence-corrected chi connectivity index (χ4v) is 3.87. The highest BCUT2D eigenvalue weighted by Crippen LogP contribution is 2.31. The number of benzene rings is 2. The monoisotopic (exact) mass is 451 g/mol. The average Bonchev–Trinajstić information content (AvgIpc) is 2.74. The third-order valence-corrected chi connectivity index (χ3v) is 5.59. The maximum absolute atomic E-state index is 12.8. The smallest absolute Gasteiger partial charge is 0.416 e. The number of nitrogens with zero attached hydrogens (tertiary/aromatic N) is 2. The normalized spacial score (nSPS) is 17.7. The number of halogens is 3. The van der Waals surface area contributed by atoms with Crippen LogP contribution in [0.15, 0.2) is 48.5 Å². The Bertz CT molecular complexity index is 897. The minimum Gasteiger partial charge on any atom is -0.491 e. The maximum Gasteiger partial charge on any atom is 0.416 e. The number of aryl methyl sites for hydroxylation is 1. The van der Waals surface area contributed by atoms with E-state index in [9.17, 15) is 23.1 Å². The largest absolute Gasteiger partial charge is 0.491 e. The van der Waals surface area contributed by atoms with E-state index in [4.69, 9.17) is 10.5 Å². The number of ether oxygens (including phenoxy) is 1. The lowest BCUT2D eigenvalue weighted by atomic mass is 10.0. The Hall–Kier alpha value is -2.62. The van der Waals surface area contributed by atoms with Crippen LogP contribution in [0.5, 0.6) is 5.75 Å². The summed E-state index contributed by atoms with van der Waals surface area (Å²) in [5, 5.41) is 10.3. The van der Waals surface area contributed by atoms with Gasteiger partial charge in [0, 0.05) is 32.7 Å². The van der Waals surface area contributed by atoms with Gasteiger partial charge in [-0.25, -0.2) is 0 Å². The topological polar surface area (TPSA) is 79.0 Å². The van der Waals surface area contributed by atoms with Crippen LogP contribution < -0.4 is 10.5 Å². The van der Waals surface area contributed by atoms with Gasteiger partial charge in [-0.1, -0.05) is 30.3 Å². The van der Waals surface area contributed by atoms with E-state index < -0.39 is 29.8 Å². The van der Waals surface area contributed by atoms with Gasteiger partial charge in [-0.3, -0.25) is 14.6 Å². The number of carbonyl (C=O) groups excluding carboxylic acids is 1. The first kappa shape index (κ1) is 24.0. The number of rotatable bonds is 8. The molecule has 1 saturated heterocycles. The molecule has 0 spiro atoms. The van der Waals surface area contributed by atoms with Crippen LogP contribution in [0.2, 0.25) is 0 Å². The van der Waals surface area contributed by atoms with Crippen LogP contribution in [0.25, 0.3) is 0 Å². The van der Waals surface area contributed by atoms with E-state index >= 15 is 0 Å². The van der Waals surface area contributed by atoms with Gasteiger partial charge in [0.2, 0.25) is 5.91 Å². The van der Waals surface area contributed by atoms with Crippen LogP contribution in [0.1, 0.15) is 22.7 Å². The molecule has 2 aromatic rings. The molecule has 2 aromatic carbocycles. The van der Waals surface area contributed by atoms with Gasteiger partial charge in [0.15, 0.2) is 0 Å². The number of hydrogen-bond acceptors (Lipinski definition) is 5. The molecule has 3 rings (SSSR count). The molecule has 32 heavy (non-hydrogen) atoms. The van der Waals surface area contributed by atoms with Gasteiger partial charge in [-0.05, 0) is 36.2 Å². The molecule has 0 bridgehead atoms. The second-order valence-electron chi connectivity index (χ2n) is 7.99. The number of para-hydroxylation sites is 1. The molecule has 9 heteroatoms. The summed E-state index contributed by atoms with van der Waals surface area (Å²) in [6.45, 7) is 4.70. The Kier molecular flexibility index (Phi) is 7.76. The molecule has 2 unspecified atom stereocenters. The van der Waals surface area contributed by atoms with E-state index in [2.05, 4.69) is 4.90 Å². The van der Waals surface area contributed by atoms with E-state index in [1.165, 1.54) is 12.1 Å². The van der Waals surface area contributed by atoms with Crippen molar-refractivity contribution in [1.82, 2.24) is 9.80 Å². The number of aliphatic hydroxyl groups excluding tert-OH is 1. The Labute approximate surface area is 185 Å².